The van der Waals surface area contributed by atoms with Crippen LogP contribution in [0, 0.1) is 0 Å². The maximum atomic E-state index is 5.48. The zero-order valence-corrected chi connectivity index (χ0v) is 16.5. The Balaban J connectivity index is 1.39. The Labute approximate surface area is 158 Å². The molecule has 2 heterocycles. The SMILES string of the molecule is CC(C)=CCC/C(C)=C\CN1CCN(Cc2ccc3c(c2)OCO3)CC1. The van der Waals surface area contributed by atoms with E-state index in [0.29, 0.717) is 6.79 Å². The van der Waals surface area contributed by atoms with E-state index in [9.17, 15) is 0 Å². The van der Waals surface area contributed by atoms with E-state index < -0.39 is 0 Å². The molecule has 1 aromatic rings. The van der Waals surface area contributed by atoms with Gasteiger partial charge >= 0.3 is 0 Å². The molecule has 0 radical (unpaired) electrons. The minimum Gasteiger partial charge on any atom is -0.454 e. The van der Waals surface area contributed by atoms with E-state index in [0.717, 1.165) is 57.2 Å². The summed E-state index contributed by atoms with van der Waals surface area (Å²) >= 11 is 0. The number of fused-ring (bicyclic) bond motifs is 1. The Kier molecular flexibility index (Phi) is 6.75. The fourth-order valence-corrected chi connectivity index (χ4v) is 3.40. The van der Waals surface area contributed by atoms with E-state index in [1.807, 2.05) is 6.07 Å². The van der Waals surface area contributed by atoms with Crippen molar-refractivity contribution in [1.29, 1.82) is 0 Å². The zero-order valence-electron chi connectivity index (χ0n) is 16.5. The molecule has 0 bridgehead atoms. The maximum absolute atomic E-state index is 5.48. The average molecular weight is 357 g/mol. The second-order valence-electron chi connectivity index (χ2n) is 7.63. The largest absolute Gasteiger partial charge is 0.454 e. The molecule has 3 rings (SSSR count). The molecule has 2 aliphatic heterocycles. The first-order valence-corrected chi connectivity index (χ1v) is 9.72. The van der Waals surface area contributed by atoms with Crippen molar-refractivity contribution < 1.29 is 9.47 Å². The van der Waals surface area contributed by atoms with Gasteiger partial charge in [0.25, 0.3) is 0 Å². The molecule has 0 atom stereocenters. The monoisotopic (exact) mass is 356 g/mol. The van der Waals surface area contributed by atoms with Crippen LogP contribution in [-0.4, -0.2) is 49.3 Å². The van der Waals surface area contributed by atoms with Gasteiger partial charge < -0.3 is 9.47 Å². The van der Waals surface area contributed by atoms with Crippen molar-refractivity contribution in [3.8, 4) is 11.5 Å². The molecule has 0 spiro atoms. The Morgan fingerprint density at radius 2 is 1.69 bits per heavy atom. The number of nitrogens with zero attached hydrogens (tertiary/aromatic N) is 2. The Bertz CT molecular complexity index is 654. The number of benzene rings is 1. The summed E-state index contributed by atoms with van der Waals surface area (Å²) in [6, 6.07) is 6.29. The van der Waals surface area contributed by atoms with Crippen LogP contribution in [0.4, 0.5) is 0 Å². The number of hydrogen-bond donors (Lipinski definition) is 0. The van der Waals surface area contributed by atoms with Gasteiger partial charge in [-0.1, -0.05) is 29.4 Å². The molecule has 1 fully saturated rings. The Hall–Kier alpha value is -1.78. The molecular formula is C22H32N2O2. The highest BCUT2D eigenvalue weighted by Gasteiger charge is 2.18. The van der Waals surface area contributed by atoms with Gasteiger partial charge in [0, 0.05) is 39.3 Å². The molecule has 0 N–H and O–H groups in total. The number of rotatable bonds is 7. The smallest absolute Gasteiger partial charge is 0.231 e. The molecule has 0 amide bonds. The summed E-state index contributed by atoms with van der Waals surface area (Å²) in [7, 11) is 0. The van der Waals surface area contributed by atoms with Crippen molar-refractivity contribution in [2.75, 3.05) is 39.5 Å². The minimum absolute atomic E-state index is 0.346. The van der Waals surface area contributed by atoms with Crippen LogP contribution >= 0.6 is 0 Å². The second-order valence-corrected chi connectivity index (χ2v) is 7.63. The lowest BCUT2D eigenvalue weighted by Crippen LogP contribution is -2.45. The van der Waals surface area contributed by atoms with Gasteiger partial charge in [-0.2, -0.15) is 0 Å². The first-order valence-electron chi connectivity index (χ1n) is 9.72. The molecule has 1 aromatic carbocycles. The molecule has 26 heavy (non-hydrogen) atoms. The summed E-state index contributed by atoms with van der Waals surface area (Å²) in [6.07, 6.45) is 7.07. The van der Waals surface area contributed by atoms with E-state index in [-0.39, 0.29) is 0 Å². The standard InChI is InChI=1S/C22H32N2O2/c1-18(2)5-4-6-19(3)9-10-23-11-13-24(14-12-23)16-20-7-8-21-22(15-20)26-17-25-21/h5,7-9,15H,4,6,10-14,16-17H2,1-3H3/b19-9-. The lowest BCUT2D eigenvalue weighted by molar-refractivity contribution is 0.136. The molecule has 0 unspecified atom stereocenters. The van der Waals surface area contributed by atoms with Crippen molar-refractivity contribution in [3.05, 3.63) is 47.1 Å². The fourth-order valence-electron chi connectivity index (χ4n) is 3.40. The molecular weight excluding hydrogens is 324 g/mol. The van der Waals surface area contributed by atoms with E-state index in [1.165, 1.54) is 23.1 Å². The predicted molar refractivity (Wildman–Crippen MR) is 107 cm³/mol. The van der Waals surface area contributed by atoms with Crippen LogP contribution in [0.1, 0.15) is 39.2 Å². The van der Waals surface area contributed by atoms with E-state index >= 15 is 0 Å². The summed E-state index contributed by atoms with van der Waals surface area (Å²) in [5, 5.41) is 0. The third-order valence-corrected chi connectivity index (χ3v) is 5.10. The van der Waals surface area contributed by atoms with Crippen LogP contribution in [0.15, 0.2) is 41.5 Å². The van der Waals surface area contributed by atoms with Crippen LogP contribution in [0.2, 0.25) is 0 Å². The molecule has 0 aliphatic carbocycles. The van der Waals surface area contributed by atoms with E-state index in [1.54, 1.807) is 0 Å². The summed E-state index contributed by atoms with van der Waals surface area (Å²) < 4.78 is 10.9. The summed E-state index contributed by atoms with van der Waals surface area (Å²) in [4.78, 5) is 5.08. The van der Waals surface area contributed by atoms with E-state index in [4.69, 9.17) is 9.47 Å². The predicted octanol–water partition coefficient (Wildman–Crippen LogP) is 4.23. The quantitative estimate of drug-likeness (QED) is 0.683. The third kappa shape index (κ3) is 5.61. The van der Waals surface area contributed by atoms with Gasteiger partial charge in [-0.05, 0) is 51.3 Å². The van der Waals surface area contributed by atoms with Gasteiger partial charge in [0.2, 0.25) is 6.79 Å². The highest BCUT2D eigenvalue weighted by molar-refractivity contribution is 5.44. The molecule has 1 saturated heterocycles. The van der Waals surface area contributed by atoms with Crippen LogP contribution in [0.3, 0.4) is 0 Å². The molecule has 4 heteroatoms. The third-order valence-electron chi connectivity index (χ3n) is 5.10. The van der Waals surface area contributed by atoms with Crippen molar-refractivity contribution in [3.63, 3.8) is 0 Å². The van der Waals surface area contributed by atoms with Crippen molar-refractivity contribution in [2.45, 2.75) is 40.2 Å². The summed E-state index contributed by atoms with van der Waals surface area (Å²) in [5.41, 5.74) is 4.22. The molecule has 4 nitrogen and oxygen atoms in total. The fraction of sp³-hybridized carbons (Fsp3) is 0.545. The lowest BCUT2D eigenvalue weighted by Gasteiger charge is -2.34. The van der Waals surface area contributed by atoms with Crippen molar-refractivity contribution in [2.24, 2.45) is 0 Å². The topological polar surface area (TPSA) is 24.9 Å². The summed E-state index contributed by atoms with van der Waals surface area (Å²) in [6.45, 7) is 13.5. The first kappa shape index (κ1) is 19.0. The van der Waals surface area contributed by atoms with Crippen molar-refractivity contribution >= 4 is 0 Å². The minimum atomic E-state index is 0.346. The number of hydrogen-bond acceptors (Lipinski definition) is 4. The maximum Gasteiger partial charge on any atom is 0.231 e. The van der Waals surface area contributed by atoms with Gasteiger partial charge in [0.1, 0.15) is 0 Å². The van der Waals surface area contributed by atoms with Crippen molar-refractivity contribution in [1.82, 2.24) is 9.80 Å². The normalized spacial score (nSPS) is 18.2. The lowest BCUT2D eigenvalue weighted by atomic mass is 10.1. The molecule has 0 saturated carbocycles. The summed E-state index contributed by atoms with van der Waals surface area (Å²) in [5.74, 6) is 1.75. The molecule has 0 aromatic heterocycles. The Morgan fingerprint density at radius 3 is 2.46 bits per heavy atom. The van der Waals surface area contributed by atoms with Gasteiger partial charge in [-0.3, -0.25) is 9.80 Å². The van der Waals surface area contributed by atoms with Gasteiger partial charge in [-0.15, -0.1) is 0 Å². The Morgan fingerprint density at radius 1 is 0.962 bits per heavy atom. The number of allylic oxidation sites excluding steroid dienone is 3. The number of ether oxygens (including phenoxy) is 2. The van der Waals surface area contributed by atoms with Crippen LogP contribution in [0.25, 0.3) is 0 Å². The number of piperazine rings is 1. The highest BCUT2D eigenvalue weighted by Crippen LogP contribution is 2.32. The molecule has 2 aliphatic rings. The second kappa shape index (κ2) is 9.24. The van der Waals surface area contributed by atoms with Crippen LogP contribution in [0.5, 0.6) is 11.5 Å². The zero-order chi connectivity index (χ0) is 18.4. The van der Waals surface area contributed by atoms with Gasteiger partial charge in [0.15, 0.2) is 11.5 Å². The average Bonchev–Trinajstić information content (AvgIpc) is 3.08. The van der Waals surface area contributed by atoms with E-state index in [2.05, 4.69) is 54.9 Å². The highest BCUT2D eigenvalue weighted by atomic mass is 16.7. The van der Waals surface area contributed by atoms with Crippen LogP contribution in [-0.2, 0) is 6.54 Å². The first-order chi connectivity index (χ1) is 12.6. The van der Waals surface area contributed by atoms with Gasteiger partial charge in [-0.25, -0.2) is 0 Å². The van der Waals surface area contributed by atoms with Crippen LogP contribution < -0.4 is 9.47 Å². The van der Waals surface area contributed by atoms with Gasteiger partial charge in [0.05, 0.1) is 0 Å². The molecule has 142 valence electrons.